The number of hydrogen-bond donors (Lipinski definition) is 2. The van der Waals surface area contributed by atoms with Gasteiger partial charge in [0.2, 0.25) is 0 Å². The fourth-order valence-corrected chi connectivity index (χ4v) is 2.43. The zero-order chi connectivity index (χ0) is 17.9. The van der Waals surface area contributed by atoms with Crippen LogP contribution in [0.2, 0.25) is 5.02 Å². The van der Waals surface area contributed by atoms with Gasteiger partial charge in [-0.25, -0.2) is 0 Å². The summed E-state index contributed by atoms with van der Waals surface area (Å²) in [6.45, 7) is 1.88. The molecule has 0 aliphatic carbocycles. The number of pyridine rings is 1. The normalized spacial score (nSPS) is 11.1. The van der Waals surface area contributed by atoms with Crippen molar-refractivity contribution in [2.24, 2.45) is 4.99 Å². The van der Waals surface area contributed by atoms with Gasteiger partial charge in [-0.3, -0.25) is 9.98 Å². The fourth-order valence-electron chi connectivity index (χ4n) is 2.16. The molecule has 0 unspecified atom stereocenters. The van der Waals surface area contributed by atoms with Gasteiger partial charge in [-0.2, -0.15) is 0 Å². The van der Waals surface area contributed by atoms with Crippen LogP contribution in [-0.2, 0) is 6.42 Å². The second-order valence-electron chi connectivity index (χ2n) is 5.17. The summed E-state index contributed by atoms with van der Waals surface area (Å²) in [7, 11) is 3.36. The standard InChI is InChI=1S/C18H23ClN4O2/c1-20-18(23-10-11-25-16-4-3-8-21-13-16)22-9-7-14-5-6-15(24-2)12-17(14)19/h3-6,8,12-13H,7,9-11H2,1-2H3,(H2,20,22,23). The maximum absolute atomic E-state index is 6.24. The summed E-state index contributed by atoms with van der Waals surface area (Å²) < 4.78 is 10.7. The summed E-state index contributed by atoms with van der Waals surface area (Å²) in [5, 5.41) is 7.16. The zero-order valence-corrected chi connectivity index (χ0v) is 15.2. The Morgan fingerprint density at radius 3 is 2.72 bits per heavy atom. The van der Waals surface area contributed by atoms with Gasteiger partial charge in [0, 0.05) is 24.8 Å². The molecule has 0 bridgehead atoms. The lowest BCUT2D eigenvalue weighted by molar-refractivity contribution is 0.320. The third kappa shape index (κ3) is 6.51. The molecule has 1 heterocycles. The molecule has 6 nitrogen and oxygen atoms in total. The molecule has 0 aliphatic rings. The second kappa shape index (κ2) is 10.4. The Morgan fingerprint density at radius 2 is 2.04 bits per heavy atom. The molecule has 2 rings (SSSR count). The number of aromatic nitrogens is 1. The Morgan fingerprint density at radius 1 is 1.20 bits per heavy atom. The zero-order valence-electron chi connectivity index (χ0n) is 14.5. The number of benzene rings is 1. The molecule has 2 aromatic rings. The third-order valence-electron chi connectivity index (χ3n) is 3.47. The molecule has 0 spiro atoms. The molecule has 0 atom stereocenters. The number of ether oxygens (including phenoxy) is 2. The van der Waals surface area contributed by atoms with Crippen molar-refractivity contribution >= 4 is 17.6 Å². The quantitative estimate of drug-likeness (QED) is 0.429. The number of hydrogen-bond acceptors (Lipinski definition) is 4. The molecule has 134 valence electrons. The van der Waals surface area contributed by atoms with Crippen LogP contribution >= 0.6 is 11.6 Å². The van der Waals surface area contributed by atoms with E-state index >= 15 is 0 Å². The minimum atomic E-state index is 0.525. The van der Waals surface area contributed by atoms with Gasteiger partial charge in [0.05, 0.1) is 19.9 Å². The topological polar surface area (TPSA) is 67.8 Å². The Bertz CT molecular complexity index is 680. The van der Waals surface area contributed by atoms with E-state index in [0.29, 0.717) is 18.2 Å². The first-order valence-electron chi connectivity index (χ1n) is 8.02. The highest BCUT2D eigenvalue weighted by Gasteiger charge is 2.03. The average molecular weight is 363 g/mol. The first kappa shape index (κ1) is 18.9. The number of aliphatic imine (C=N–C) groups is 1. The first-order valence-corrected chi connectivity index (χ1v) is 8.40. The summed E-state index contributed by atoms with van der Waals surface area (Å²) in [5.74, 6) is 2.23. The number of methoxy groups -OCH3 is 1. The first-order chi connectivity index (χ1) is 12.2. The monoisotopic (exact) mass is 362 g/mol. The van der Waals surface area contributed by atoms with Crippen molar-refractivity contribution in [2.75, 3.05) is 33.9 Å². The molecule has 25 heavy (non-hydrogen) atoms. The smallest absolute Gasteiger partial charge is 0.191 e. The second-order valence-corrected chi connectivity index (χ2v) is 5.58. The van der Waals surface area contributed by atoms with Gasteiger partial charge in [0.1, 0.15) is 18.1 Å². The lowest BCUT2D eigenvalue weighted by atomic mass is 10.1. The summed E-state index contributed by atoms with van der Waals surface area (Å²) in [6.07, 6.45) is 4.19. The predicted octanol–water partition coefficient (Wildman–Crippen LogP) is 2.53. The molecule has 0 radical (unpaired) electrons. The number of guanidine groups is 1. The summed E-state index contributed by atoms with van der Waals surface area (Å²) in [5.41, 5.74) is 1.06. The summed E-state index contributed by atoms with van der Waals surface area (Å²) in [4.78, 5) is 8.19. The van der Waals surface area contributed by atoms with E-state index < -0.39 is 0 Å². The van der Waals surface area contributed by atoms with E-state index in [1.807, 2.05) is 30.3 Å². The average Bonchev–Trinajstić information content (AvgIpc) is 2.65. The van der Waals surface area contributed by atoms with Gasteiger partial charge in [-0.1, -0.05) is 17.7 Å². The summed E-state index contributed by atoms with van der Waals surface area (Å²) >= 11 is 6.24. The van der Waals surface area contributed by atoms with Gasteiger partial charge in [-0.15, -0.1) is 0 Å². The van der Waals surface area contributed by atoms with Gasteiger partial charge < -0.3 is 20.1 Å². The van der Waals surface area contributed by atoms with Crippen LogP contribution in [0.1, 0.15) is 5.56 Å². The number of nitrogens with one attached hydrogen (secondary N) is 2. The molecule has 7 heteroatoms. The lowest BCUT2D eigenvalue weighted by Gasteiger charge is -2.13. The van der Waals surface area contributed by atoms with Crippen LogP contribution in [0.3, 0.4) is 0 Å². The molecule has 0 aliphatic heterocycles. The largest absolute Gasteiger partial charge is 0.497 e. The Kier molecular flexibility index (Phi) is 7.85. The van der Waals surface area contributed by atoms with E-state index in [4.69, 9.17) is 21.1 Å². The van der Waals surface area contributed by atoms with Gasteiger partial charge in [0.25, 0.3) is 0 Å². The summed E-state index contributed by atoms with van der Waals surface area (Å²) in [6, 6.07) is 9.41. The third-order valence-corrected chi connectivity index (χ3v) is 3.82. The van der Waals surface area contributed by atoms with Crippen molar-refractivity contribution in [3.05, 3.63) is 53.3 Å². The molecule has 0 saturated carbocycles. The van der Waals surface area contributed by atoms with Crippen molar-refractivity contribution in [1.82, 2.24) is 15.6 Å². The number of nitrogens with zero attached hydrogens (tertiary/aromatic N) is 2. The van der Waals surface area contributed by atoms with Crippen LogP contribution in [0, 0.1) is 0 Å². The van der Waals surface area contributed by atoms with E-state index in [1.165, 1.54) is 0 Å². The van der Waals surface area contributed by atoms with Crippen LogP contribution < -0.4 is 20.1 Å². The van der Waals surface area contributed by atoms with Crippen LogP contribution in [0.4, 0.5) is 0 Å². The molecular formula is C18H23ClN4O2. The highest BCUT2D eigenvalue weighted by atomic mass is 35.5. The van der Waals surface area contributed by atoms with Crippen molar-refractivity contribution in [3.8, 4) is 11.5 Å². The van der Waals surface area contributed by atoms with Crippen molar-refractivity contribution in [3.63, 3.8) is 0 Å². The maximum atomic E-state index is 6.24. The highest BCUT2D eigenvalue weighted by molar-refractivity contribution is 6.31. The molecule has 0 fully saturated rings. The minimum Gasteiger partial charge on any atom is -0.497 e. The SMILES string of the molecule is CN=C(NCCOc1cccnc1)NCCc1ccc(OC)cc1Cl. The number of rotatable bonds is 8. The van der Waals surface area contributed by atoms with Crippen molar-refractivity contribution < 1.29 is 9.47 Å². The maximum Gasteiger partial charge on any atom is 0.191 e. The van der Waals surface area contributed by atoms with E-state index in [9.17, 15) is 0 Å². The Balaban J connectivity index is 1.68. The Labute approximate surface area is 153 Å². The van der Waals surface area contributed by atoms with E-state index in [1.54, 1.807) is 26.6 Å². The minimum absolute atomic E-state index is 0.525. The van der Waals surface area contributed by atoms with E-state index in [2.05, 4.69) is 20.6 Å². The number of halogens is 1. The molecule has 0 saturated heterocycles. The van der Waals surface area contributed by atoms with E-state index in [0.717, 1.165) is 36.0 Å². The molecule has 0 amide bonds. The Hall–Kier alpha value is -2.47. The van der Waals surface area contributed by atoms with Gasteiger partial charge in [-0.05, 0) is 36.2 Å². The lowest BCUT2D eigenvalue weighted by Crippen LogP contribution is -2.40. The van der Waals surface area contributed by atoms with Crippen LogP contribution in [0.25, 0.3) is 0 Å². The van der Waals surface area contributed by atoms with Crippen molar-refractivity contribution in [1.29, 1.82) is 0 Å². The van der Waals surface area contributed by atoms with E-state index in [-0.39, 0.29) is 0 Å². The van der Waals surface area contributed by atoms with Gasteiger partial charge >= 0.3 is 0 Å². The molecule has 1 aromatic carbocycles. The van der Waals surface area contributed by atoms with Crippen molar-refractivity contribution in [2.45, 2.75) is 6.42 Å². The highest BCUT2D eigenvalue weighted by Crippen LogP contribution is 2.22. The van der Waals surface area contributed by atoms with Crippen LogP contribution in [0.5, 0.6) is 11.5 Å². The predicted molar refractivity (Wildman–Crippen MR) is 101 cm³/mol. The molecule has 2 N–H and O–H groups in total. The molecule has 1 aromatic heterocycles. The van der Waals surface area contributed by atoms with Gasteiger partial charge in [0.15, 0.2) is 5.96 Å². The molecular weight excluding hydrogens is 340 g/mol. The van der Waals surface area contributed by atoms with Crippen LogP contribution in [0.15, 0.2) is 47.7 Å². The fraction of sp³-hybridized carbons (Fsp3) is 0.333. The van der Waals surface area contributed by atoms with Crippen LogP contribution in [-0.4, -0.2) is 44.8 Å².